The number of aliphatic imine (C=N–C) groups is 1. The molecule has 14 unspecified atom stereocenters. The van der Waals surface area contributed by atoms with Crippen LogP contribution in [0.2, 0.25) is 0 Å². The van der Waals surface area contributed by atoms with Crippen LogP contribution in [0.15, 0.2) is 47.5 Å². The zero-order valence-electron chi connectivity index (χ0n) is 45.3. The number of ether oxygens (including phenoxy) is 4. The van der Waals surface area contributed by atoms with Gasteiger partial charge in [0.05, 0.1) is 36.5 Å². The van der Waals surface area contributed by atoms with Crippen molar-refractivity contribution in [3.05, 3.63) is 81.4 Å². The fourth-order valence-corrected chi connectivity index (χ4v) is 18.4. The Balaban J connectivity index is 1.11. The van der Waals surface area contributed by atoms with Crippen molar-refractivity contribution in [2.24, 2.45) is 51.6 Å². The highest BCUT2D eigenvalue weighted by molar-refractivity contribution is 8.76. The SMILES string of the molecule is COC(CO)C1CCC2C#CC3NC(N)=NC(C(C)C)CSSCC3C3Cc4c5cc(c(c4OC3O)OCNC23CC24CCCC2c2ccccc2C(C4)C3C1)CC#Cc1c(ccc(O)c1OCO)CCC(=O)CC(O)CC5. The average Bonchev–Trinajstić information content (AvgIpc) is 3.72. The highest BCUT2D eigenvalue weighted by atomic mass is 33.1. The summed E-state index contributed by atoms with van der Waals surface area (Å²) in [6, 6.07) is 13.9. The Morgan fingerprint density at radius 2 is 1.78 bits per heavy atom. The number of carbonyl (C=O) groups excluding carboxylic acids is 1. The maximum absolute atomic E-state index is 13.5. The molecule has 9 N–H and O–H groups in total. The Morgan fingerprint density at radius 3 is 2.59 bits per heavy atom. The normalized spacial score (nSPS) is 34.0. The highest BCUT2D eigenvalue weighted by Gasteiger charge is 2.64. The fraction of sp³-hybridized carbons (Fsp3) is 0.613. The van der Waals surface area contributed by atoms with E-state index in [0.717, 1.165) is 73.8 Å². The first kappa shape index (κ1) is 55.3. The molecule has 3 saturated carbocycles. The molecule has 14 atom stereocenters. The standard InChI is InChI=1S/C62H78N4O10S2/c1-35(2)53-31-78-77-30-49-47-27-46-37-15-20-42(70)26-41(69)19-14-36-16-22-54(71)57(75-34-68)43(36)11-6-8-39(24-37)56(58(46)76-59(47)72)74-33-64-62-32-61-23-7-12-50(61)45-10-5-4-9-44(45)48(28-61)51(62)25-38(55(29-67)73-3)13-17-40(62)18-21-52(49)65-60(63)66-53/h4-5,9-10,16,22,24,35,38,40,42,47-53,55,59,64,67-68,70-72H,7-8,12-15,17,19-20,23,25-34H2,1-3H3,(H3,63,65,66). The highest BCUT2D eigenvalue weighted by Crippen LogP contribution is 2.70. The van der Waals surface area contributed by atoms with Crippen LogP contribution in [0.25, 0.3) is 0 Å². The van der Waals surface area contributed by atoms with Gasteiger partial charge in [0, 0.05) is 72.3 Å². The second-order valence-electron chi connectivity index (χ2n) is 23.9. The number of guanidine groups is 1. The summed E-state index contributed by atoms with van der Waals surface area (Å²) in [5.74, 6) is 17.1. The first-order chi connectivity index (χ1) is 37.8. The van der Waals surface area contributed by atoms with Crippen molar-refractivity contribution in [2.45, 2.75) is 158 Å². The Bertz CT molecular complexity index is 2880. The summed E-state index contributed by atoms with van der Waals surface area (Å²) in [4.78, 5) is 18.6. The van der Waals surface area contributed by atoms with Crippen LogP contribution in [-0.2, 0) is 35.2 Å². The molecule has 4 aliphatic heterocycles. The van der Waals surface area contributed by atoms with Crippen LogP contribution in [0, 0.1) is 64.6 Å². The van der Waals surface area contributed by atoms with Gasteiger partial charge in [-0.15, -0.1) is 0 Å². The Morgan fingerprint density at radius 1 is 0.949 bits per heavy atom. The zero-order valence-corrected chi connectivity index (χ0v) is 46.9. The lowest BCUT2D eigenvalue weighted by Crippen LogP contribution is -2.65. The predicted molar refractivity (Wildman–Crippen MR) is 303 cm³/mol. The number of fused-ring (bicyclic) bond motifs is 11. The number of carbonyl (C=O) groups is 1. The number of aromatic hydroxyl groups is 1. The fourth-order valence-electron chi connectivity index (χ4n) is 15.6. The van der Waals surface area contributed by atoms with Crippen LogP contribution in [0.4, 0.5) is 0 Å². The van der Waals surface area contributed by atoms with Crippen LogP contribution in [-0.4, -0.2) is 112 Å². The summed E-state index contributed by atoms with van der Waals surface area (Å²) in [5.41, 5.74) is 12.9. The van der Waals surface area contributed by atoms with E-state index in [-0.39, 0.29) is 103 Å². The third kappa shape index (κ3) is 10.6. The summed E-state index contributed by atoms with van der Waals surface area (Å²) in [6.45, 7) is 3.67. The van der Waals surface area contributed by atoms with Gasteiger partial charge < -0.3 is 55.5 Å². The Labute approximate surface area is 467 Å². The Kier molecular flexibility index (Phi) is 16.6. The summed E-state index contributed by atoms with van der Waals surface area (Å²) in [7, 11) is 5.26. The molecule has 0 saturated heterocycles. The van der Waals surface area contributed by atoms with Crippen LogP contribution >= 0.6 is 21.6 Å². The van der Waals surface area contributed by atoms with Gasteiger partial charge >= 0.3 is 0 Å². The molecule has 8 bridgehead atoms. The number of aliphatic hydroxyl groups is 4. The van der Waals surface area contributed by atoms with Gasteiger partial charge in [-0.05, 0) is 134 Å². The minimum atomic E-state index is -1.27. The molecule has 3 aromatic rings. The molecule has 78 heavy (non-hydrogen) atoms. The van der Waals surface area contributed by atoms with Crippen molar-refractivity contribution in [2.75, 3.05) is 38.7 Å². The molecule has 5 aliphatic carbocycles. The maximum Gasteiger partial charge on any atom is 0.201 e. The van der Waals surface area contributed by atoms with E-state index in [4.69, 9.17) is 29.7 Å². The van der Waals surface area contributed by atoms with Gasteiger partial charge in [0.25, 0.3) is 0 Å². The van der Waals surface area contributed by atoms with Gasteiger partial charge in [-0.2, -0.15) is 0 Å². The zero-order chi connectivity index (χ0) is 54.3. The van der Waals surface area contributed by atoms with Crippen molar-refractivity contribution >= 4 is 33.3 Å². The van der Waals surface area contributed by atoms with Gasteiger partial charge in [-0.1, -0.05) is 102 Å². The molecule has 3 fully saturated rings. The van der Waals surface area contributed by atoms with Crippen LogP contribution in [0.1, 0.15) is 135 Å². The summed E-state index contributed by atoms with van der Waals surface area (Å²) >= 11 is 0. The number of hydrogen-bond acceptors (Lipinski definition) is 16. The maximum atomic E-state index is 13.5. The molecule has 0 radical (unpaired) electrons. The van der Waals surface area contributed by atoms with E-state index in [0.29, 0.717) is 65.9 Å². The van der Waals surface area contributed by atoms with E-state index in [1.54, 1.807) is 34.8 Å². The van der Waals surface area contributed by atoms with Crippen LogP contribution in [0.5, 0.6) is 23.0 Å². The number of phenols is 1. The third-order valence-corrected chi connectivity index (χ3v) is 21.9. The average molecular weight is 1100 g/mol. The van der Waals surface area contributed by atoms with Crippen molar-refractivity contribution in [3.8, 4) is 46.7 Å². The summed E-state index contributed by atoms with van der Waals surface area (Å²) in [6.07, 6.45) is 7.05. The molecule has 12 rings (SSSR count). The smallest absolute Gasteiger partial charge is 0.201 e. The van der Waals surface area contributed by atoms with Crippen molar-refractivity contribution in [3.63, 3.8) is 0 Å². The lowest BCUT2D eigenvalue weighted by Gasteiger charge is -2.61. The number of nitrogens with two attached hydrogens (primary N) is 1. The molecule has 4 heterocycles. The topological polar surface area (TPSA) is 218 Å². The lowest BCUT2D eigenvalue weighted by atomic mass is 9.46. The number of phenolic OH excluding ortho intramolecular Hbond substituents is 1. The quantitative estimate of drug-likeness (QED) is 0.0693. The number of methoxy groups -OCH3 is 1. The van der Waals surface area contributed by atoms with E-state index in [2.05, 4.69) is 78.5 Å². The van der Waals surface area contributed by atoms with Gasteiger partial charge in [0.15, 0.2) is 35.8 Å². The Hall–Kier alpha value is -4.62. The molecule has 0 aromatic heterocycles. The van der Waals surface area contributed by atoms with Crippen molar-refractivity contribution < 1.29 is 49.3 Å². The molecule has 0 amide bonds. The summed E-state index contributed by atoms with van der Waals surface area (Å²) < 4.78 is 25.9. The van der Waals surface area contributed by atoms with E-state index in [1.807, 2.05) is 0 Å². The first-order valence-electron chi connectivity index (χ1n) is 28.6. The molecule has 14 nitrogen and oxygen atoms in total. The van der Waals surface area contributed by atoms with Gasteiger partial charge in [-0.25, -0.2) is 4.99 Å². The number of ketones is 1. The predicted octanol–water partition coefficient (Wildman–Crippen LogP) is 7.26. The minimum Gasteiger partial charge on any atom is -0.504 e. The molecule has 16 heteroatoms. The largest absolute Gasteiger partial charge is 0.504 e. The van der Waals surface area contributed by atoms with Gasteiger partial charge in [0.1, 0.15) is 12.5 Å². The number of Topliss-reactive ketones (excluding diaryl/α,β-unsaturated/α-hetero) is 1. The molecule has 3 aromatic carbocycles. The number of hydrogen-bond donors (Lipinski definition) is 8. The van der Waals surface area contributed by atoms with Crippen LogP contribution in [0.3, 0.4) is 0 Å². The molecule has 2 spiro atoms. The monoisotopic (exact) mass is 1100 g/mol. The molecule has 418 valence electrons. The van der Waals surface area contributed by atoms with Crippen molar-refractivity contribution in [1.82, 2.24) is 10.6 Å². The van der Waals surface area contributed by atoms with E-state index < -0.39 is 36.7 Å². The number of aryl methyl sites for hydroxylation is 2. The summed E-state index contributed by atoms with van der Waals surface area (Å²) in [5, 5.41) is 63.8. The van der Waals surface area contributed by atoms with E-state index >= 15 is 0 Å². The molecular weight excluding hydrogens is 1020 g/mol. The number of rotatable bonds is 6. The lowest BCUT2D eigenvalue weighted by molar-refractivity contribution is -0.121. The number of benzene rings is 3. The van der Waals surface area contributed by atoms with E-state index in [9.17, 15) is 30.3 Å². The number of aliphatic hydroxyl groups excluding tert-OH is 4. The first-order valence-corrected chi connectivity index (χ1v) is 31.1. The minimum absolute atomic E-state index is 0.00868. The second kappa shape index (κ2) is 23.5. The third-order valence-electron chi connectivity index (χ3n) is 19.4. The van der Waals surface area contributed by atoms with Gasteiger partial charge in [0.2, 0.25) is 6.29 Å². The number of nitrogens with zero attached hydrogens (tertiary/aromatic N) is 1. The molecule has 9 aliphatic rings. The van der Waals surface area contributed by atoms with Gasteiger partial charge in [-0.3, -0.25) is 10.1 Å². The number of nitrogens with one attached hydrogen (secondary N) is 2. The molecular formula is C62H78N4O10S2. The van der Waals surface area contributed by atoms with E-state index in [1.165, 1.54) is 17.2 Å². The van der Waals surface area contributed by atoms with Crippen LogP contribution < -0.4 is 30.6 Å². The second-order valence-corrected chi connectivity index (χ2v) is 26.5. The van der Waals surface area contributed by atoms with Crippen molar-refractivity contribution in [1.29, 1.82) is 0 Å².